The second-order valence-electron chi connectivity index (χ2n) is 7.61. The van der Waals surface area contributed by atoms with Crippen LogP contribution in [0.25, 0.3) is 0 Å². The quantitative estimate of drug-likeness (QED) is 0.454. The molecule has 0 radical (unpaired) electrons. The van der Waals surface area contributed by atoms with E-state index in [1.54, 1.807) is 0 Å². The standard InChI is InChI=1S/C22H25ClN2O5/c1-4-5-18(26)30-20-17(23)9-14(12(3)19(20)27)21(28)24-10-16-15(13-6-7-13)8-11(2)25-22(16)29/h8-9,13,27H,4-7,10H2,1-3H3,(H,24,28)(H,25,29). The van der Waals surface area contributed by atoms with Crippen LogP contribution in [0.3, 0.4) is 0 Å². The van der Waals surface area contributed by atoms with Crippen LogP contribution in [0.1, 0.15) is 71.3 Å². The Kier molecular flexibility index (Phi) is 6.51. The van der Waals surface area contributed by atoms with Gasteiger partial charge >= 0.3 is 5.97 Å². The summed E-state index contributed by atoms with van der Waals surface area (Å²) >= 11 is 6.16. The van der Waals surface area contributed by atoms with Crippen LogP contribution in [0.4, 0.5) is 0 Å². The van der Waals surface area contributed by atoms with Gasteiger partial charge in [-0.2, -0.15) is 0 Å². The van der Waals surface area contributed by atoms with Gasteiger partial charge in [0.05, 0.1) is 5.02 Å². The zero-order valence-electron chi connectivity index (χ0n) is 17.2. The minimum atomic E-state index is -0.516. The van der Waals surface area contributed by atoms with Crippen LogP contribution in [0.15, 0.2) is 16.9 Å². The summed E-state index contributed by atoms with van der Waals surface area (Å²) in [7, 11) is 0. The van der Waals surface area contributed by atoms with E-state index in [2.05, 4.69) is 10.3 Å². The van der Waals surface area contributed by atoms with E-state index in [1.807, 2.05) is 19.9 Å². The van der Waals surface area contributed by atoms with E-state index in [4.69, 9.17) is 16.3 Å². The first kappa shape index (κ1) is 21.9. The molecule has 3 rings (SSSR count). The Hall–Kier alpha value is -2.80. The number of phenols is 1. The van der Waals surface area contributed by atoms with Crippen LogP contribution in [-0.4, -0.2) is 22.0 Å². The highest BCUT2D eigenvalue weighted by atomic mass is 35.5. The molecule has 0 unspecified atom stereocenters. The number of phenolic OH excluding ortho intramolecular Hbond substituents is 1. The number of aromatic hydroxyl groups is 1. The molecule has 1 aromatic carbocycles. The number of hydrogen-bond acceptors (Lipinski definition) is 5. The van der Waals surface area contributed by atoms with Gasteiger partial charge in [0.25, 0.3) is 11.5 Å². The Morgan fingerprint density at radius 1 is 1.30 bits per heavy atom. The van der Waals surface area contributed by atoms with Crippen molar-refractivity contribution in [1.29, 1.82) is 0 Å². The largest absolute Gasteiger partial charge is 0.504 e. The molecule has 1 aliphatic carbocycles. The number of nitrogens with one attached hydrogen (secondary N) is 2. The van der Waals surface area contributed by atoms with Gasteiger partial charge in [-0.05, 0) is 56.7 Å². The molecule has 1 aliphatic rings. The van der Waals surface area contributed by atoms with E-state index in [1.165, 1.54) is 13.0 Å². The topological polar surface area (TPSA) is 108 Å². The van der Waals surface area contributed by atoms with Crippen molar-refractivity contribution in [2.75, 3.05) is 0 Å². The van der Waals surface area contributed by atoms with Crippen molar-refractivity contribution in [3.63, 3.8) is 0 Å². The summed E-state index contributed by atoms with van der Waals surface area (Å²) in [5.41, 5.74) is 2.45. The average molecular weight is 433 g/mol. The monoisotopic (exact) mass is 432 g/mol. The van der Waals surface area contributed by atoms with Crippen molar-refractivity contribution in [2.24, 2.45) is 0 Å². The van der Waals surface area contributed by atoms with Crippen LogP contribution in [0.5, 0.6) is 11.5 Å². The predicted molar refractivity (Wildman–Crippen MR) is 113 cm³/mol. The fraction of sp³-hybridized carbons (Fsp3) is 0.409. The Morgan fingerprint density at radius 3 is 2.63 bits per heavy atom. The van der Waals surface area contributed by atoms with Crippen LogP contribution in [0, 0.1) is 13.8 Å². The number of amides is 1. The highest BCUT2D eigenvalue weighted by Crippen LogP contribution is 2.41. The van der Waals surface area contributed by atoms with Crippen molar-refractivity contribution in [1.82, 2.24) is 10.3 Å². The maximum absolute atomic E-state index is 12.8. The number of aromatic amines is 1. The lowest BCUT2D eigenvalue weighted by Crippen LogP contribution is -2.28. The maximum Gasteiger partial charge on any atom is 0.311 e. The van der Waals surface area contributed by atoms with Gasteiger partial charge in [-0.25, -0.2) is 0 Å². The number of halogens is 1. The van der Waals surface area contributed by atoms with Gasteiger partial charge in [-0.3, -0.25) is 14.4 Å². The number of H-pyrrole nitrogens is 1. The van der Waals surface area contributed by atoms with Crippen LogP contribution < -0.4 is 15.6 Å². The summed E-state index contributed by atoms with van der Waals surface area (Å²) in [6, 6.07) is 3.30. The van der Waals surface area contributed by atoms with E-state index < -0.39 is 11.9 Å². The Bertz CT molecular complexity index is 1060. The molecule has 0 bridgehead atoms. The van der Waals surface area contributed by atoms with E-state index in [0.29, 0.717) is 17.9 Å². The molecular weight excluding hydrogens is 408 g/mol. The van der Waals surface area contributed by atoms with Crippen molar-refractivity contribution in [3.05, 3.63) is 55.5 Å². The first-order chi connectivity index (χ1) is 14.2. The number of rotatable bonds is 7. The van der Waals surface area contributed by atoms with Gasteiger partial charge in [0.15, 0.2) is 11.5 Å². The lowest BCUT2D eigenvalue weighted by atomic mass is 10.0. The Labute approximate surface area is 179 Å². The van der Waals surface area contributed by atoms with Crippen LogP contribution in [-0.2, 0) is 11.3 Å². The van der Waals surface area contributed by atoms with Crippen LogP contribution >= 0.6 is 11.6 Å². The third-order valence-electron chi connectivity index (χ3n) is 5.13. The zero-order valence-corrected chi connectivity index (χ0v) is 18.0. The molecule has 8 heteroatoms. The molecule has 1 saturated carbocycles. The number of esters is 1. The molecule has 7 nitrogen and oxygen atoms in total. The van der Waals surface area contributed by atoms with Gasteiger partial charge in [0.1, 0.15) is 0 Å². The van der Waals surface area contributed by atoms with Crippen LogP contribution in [0.2, 0.25) is 5.02 Å². The lowest BCUT2D eigenvalue weighted by Gasteiger charge is -2.15. The molecule has 30 heavy (non-hydrogen) atoms. The fourth-order valence-electron chi connectivity index (χ4n) is 3.36. The summed E-state index contributed by atoms with van der Waals surface area (Å²) in [6.45, 7) is 5.26. The van der Waals surface area contributed by atoms with E-state index in [0.717, 1.165) is 24.1 Å². The second kappa shape index (κ2) is 8.92. The second-order valence-corrected chi connectivity index (χ2v) is 8.01. The summed E-state index contributed by atoms with van der Waals surface area (Å²) < 4.78 is 5.14. The van der Waals surface area contributed by atoms with Gasteiger partial charge < -0.3 is 20.1 Å². The van der Waals surface area contributed by atoms with E-state index in [9.17, 15) is 19.5 Å². The summed E-state index contributed by atoms with van der Waals surface area (Å²) in [5, 5.41) is 13.1. The highest BCUT2D eigenvalue weighted by Gasteiger charge is 2.28. The lowest BCUT2D eigenvalue weighted by molar-refractivity contribution is -0.134. The van der Waals surface area contributed by atoms with Crippen molar-refractivity contribution < 1.29 is 19.4 Å². The number of carbonyl (C=O) groups excluding carboxylic acids is 2. The van der Waals surface area contributed by atoms with Crippen molar-refractivity contribution in [3.8, 4) is 11.5 Å². The molecule has 1 aromatic heterocycles. The Balaban J connectivity index is 1.81. The molecule has 0 atom stereocenters. The van der Waals surface area contributed by atoms with Gasteiger partial charge in [-0.1, -0.05) is 18.5 Å². The minimum Gasteiger partial charge on any atom is -0.504 e. The smallest absolute Gasteiger partial charge is 0.311 e. The van der Waals surface area contributed by atoms with E-state index >= 15 is 0 Å². The SMILES string of the molecule is CCCC(=O)Oc1c(Cl)cc(C(=O)NCc2c(C3CC3)cc(C)[nH]c2=O)c(C)c1O. The normalized spacial score (nSPS) is 13.2. The summed E-state index contributed by atoms with van der Waals surface area (Å²) in [6.07, 6.45) is 2.85. The predicted octanol–water partition coefficient (Wildman–Crippen LogP) is 3.86. The average Bonchev–Trinajstić information content (AvgIpc) is 3.52. The van der Waals surface area contributed by atoms with Gasteiger partial charge in [0, 0.05) is 35.3 Å². The highest BCUT2D eigenvalue weighted by molar-refractivity contribution is 6.33. The minimum absolute atomic E-state index is 0.0421. The fourth-order valence-corrected chi connectivity index (χ4v) is 3.60. The number of carbonyl (C=O) groups is 2. The summed E-state index contributed by atoms with van der Waals surface area (Å²) in [5.74, 6) is -1.16. The molecule has 0 aliphatic heterocycles. The first-order valence-corrected chi connectivity index (χ1v) is 10.3. The third kappa shape index (κ3) is 4.67. The van der Waals surface area contributed by atoms with Crippen molar-refractivity contribution >= 4 is 23.5 Å². The molecule has 0 spiro atoms. The molecule has 3 N–H and O–H groups in total. The number of aromatic nitrogens is 1. The number of aryl methyl sites for hydroxylation is 1. The maximum atomic E-state index is 12.8. The number of benzene rings is 1. The molecule has 1 amide bonds. The molecule has 160 valence electrons. The van der Waals surface area contributed by atoms with Gasteiger partial charge in [-0.15, -0.1) is 0 Å². The molecule has 1 heterocycles. The molecule has 1 fully saturated rings. The van der Waals surface area contributed by atoms with E-state index in [-0.39, 0.29) is 46.2 Å². The zero-order chi connectivity index (χ0) is 22.0. The number of pyridine rings is 1. The summed E-state index contributed by atoms with van der Waals surface area (Å²) in [4.78, 5) is 39.7. The first-order valence-electron chi connectivity index (χ1n) is 9.96. The third-order valence-corrected chi connectivity index (χ3v) is 5.41. The number of ether oxygens (including phenoxy) is 1. The number of hydrogen-bond donors (Lipinski definition) is 3. The molecule has 2 aromatic rings. The molecule has 0 saturated heterocycles. The Morgan fingerprint density at radius 2 is 2.00 bits per heavy atom. The van der Waals surface area contributed by atoms with Crippen molar-refractivity contribution in [2.45, 2.75) is 58.9 Å². The van der Waals surface area contributed by atoms with Gasteiger partial charge in [0.2, 0.25) is 0 Å². The molecular formula is C22H25ClN2O5.